The van der Waals surface area contributed by atoms with Crippen LogP contribution < -0.4 is 5.48 Å². The fourth-order valence-corrected chi connectivity index (χ4v) is 2.82. The Morgan fingerprint density at radius 1 is 0.964 bits per heavy atom. The van der Waals surface area contributed by atoms with E-state index in [4.69, 9.17) is 0 Å². The van der Waals surface area contributed by atoms with Crippen LogP contribution in [-0.4, -0.2) is 23.4 Å². The lowest BCUT2D eigenvalue weighted by Gasteiger charge is -2.26. The van der Waals surface area contributed by atoms with Gasteiger partial charge in [-0.25, -0.2) is 4.39 Å². The fraction of sp³-hybridized carbons (Fsp3) is 0.300. The number of hydrogen-bond donors (Lipinski definition) is 2. The lowest BCUT2D eigenvalue weighted by Crippen LogP contribution is -2.45. The molecule has 8 heteroatoms. The Kier molecular flexibility index (Phi) is 6.00. The van der Waals surface area contributed by atoms with Crippen LogP contribution >= 0.6 is 0 Å². The van der Waals surface area contributed by atoms with Crippen molar-refractivity contribution in [1.82, 2.24) is 10.5 Å². The van der Waals surface area contributed by atoms with E-state index in [-0.39, 0.29) is 13.0 Å². The predicted octanol–water partition coefficient (Wildman–Crippen LogP) is 5.23. The highest BCUT2D eigenvalue weighted by atomic mass is 19.3. The lowest BCUT2D eigenvalue weighted by molar-refractivity contribution is -0.243. The third-order valence-corrected chi connectivity index (χ3v) is 4.45. The normalized spacial score (nSPS) is 12.6. The van der Waals surface area contributed by atoms with E-state index in [0.29, 0.717) is 16.5 Å². The van der Waals surface area contributed by atoms with Gasteiger partial charge in [-0.1, -0.05) is 30.3 Å². The zero-order valence-electron chi connectivity index (χ0n) is 14.8. The first kappa shape index (κ1) is 20.3. The second kappa shape index (κ2) is 8.28. The minimum Gasteiger partial charge on any atom is -0.361 e. The minimum absolute atomic E-state index is 0.119. The van der Waals surface area contributed by atoms with Crippen LogP contribution in [0.5, 0.6) is 0 Å². The number of hydrogen-bond acceptors (Lipinski definition) is 2. The van der Waals surface area contributed by atoms with Gasteiger partial charge in [0.15, 0.2) is 0 Å². The smallest absolute Gasteiger partial charge is 0.334 e. The first-order chi connectivity index (χ1) is 13.3. The number of nitrogens with one attached hydrogen (secondary N) is 2. The summed E-state index contributed by atoms with van der Waals surface area (Å²) < 4.78 is 69.2. The maximum Gasteiger partial charge on any atom is 0.334 e. The van der Waals surface area contributed by atoms with Crippen LogP contribution in [0.3, 0.4) is 0 Å². The van der Waals surface area contributed by atoms with Gasteiger partial charge in [0.1, 0.15) is 12.4 Å². The number of aromatic amines is 1. The quantitative estimate of drug-likeness (QED) is 0.294. The molecular formula is C20H19F5N2O. The standard InChI is InChI=1S/C20H19F5N2O/c21-16-6-7-17-15(12-26-18(17)10-16)8-9-19(22,23)20(24,25)13-28-27-11-14-4-2-1-3-5-14/h1-7,10,12,26-27H,8-9,11,13H2. The molecule has 0 aliphatic heterocycles. The summed E-state index contributed by atoms with van der Waals surface area (Å²) in [6, 6.07) is 12.7. The molecule has 0 spiro atoms. The molecular weight excluding hydrogens is 379 g/mol. The second-order valence-corrected chi connectivity index (χ2v) is 6.51. The van der Waals surface area contributed by atoms with Crippen molar-refractivity contribution >= 4 is 10.9 Å². The summed E-state index contributed by atoms with van der Waals surface area (Å²) in [6.45, 7) is -1.33. The van der Waals surface area contributed by atoms with Gasteiger partial charge in [0.05, 0.1) is 0 Å². The summed E-state index contributed by atoms with van der Waals surface area (Å²) in [7, 11) is 0. The molecule has 3 aromatic rings. The number of aryl methyl sites for hydroxylation is 1. The summed E-state index contributed by atoms with van der Waals surface area (Å²) in [4.78, 5) is 7.34. The molecule has 0 saturated carbocycles. The molecule has 1 aromatic heterocycles. The summed E-state index contributed by atoms with van der Waals surface area (Å²) in [5, 5.41) is 0.529. The molecule has 0 saturated heterocycles. The highest BCUT2D eigenvalue weighted by Gasteiger charge is 2.55. The van der Waals surface area contributed by atoms with E-state index in [1.54, 1.807) is 30.3 Å². The monoisotopic (exact) mass is 398 g/mol. The molecule has 0 aliphatic carbocycles. The highest BCUT2D eigenvalue weighted by Crippen LogP contribution is 2.38. The van der Waals surface area contributed by atoms with Gasteiger partial charge < -0.3 is 4.98 Å². The number of hydroxylamine groups is 1. The Morgan fingerprint density at radius 2 is 1.71 bits per heavy atom. The second-order valence-electron chi connectivity index (χ2n) is 6.51. The first-order valence-electron chi connectivity index (χ1n) is 8.68. The maximum absolute atomic E-state index is 14.1. The summed E-state index contributed by atoms with van der Waals surface area (Å²) in [6.07, 6.45) is 0.0777. The van der Waals surface area contributed by atoms with E-state index in [9.17, 15) is 22.0 Å². The molecule has 2 aromatic carbocycles. The van der Waals surface area contributed by atoms with Gasteiger partial charge >= 0.3 is 11.8 Å². The van der Waals surface area contributed by atoms with Gasteiger partial charge in [0, 0.05) is 30.1 Å². The molecule has 150 valence electrons. The average Bonchev–Trinajstić information content (AvgIpc) is 3.06. The Bertz CT molecular complexity index is 911. The van der Waals surface area contributed by atoms with Crippen molar-refractivity contribution in [3.8, 4) is 0 Å². The third kappa shape index (κ3) is 4.69. The lowest BCUT2D eigenvalue weighted by atomic mass is 10.0. The molecule has 2 N–H and O–H groups in total. The molecule has 0 amide bonds. The summed E-state index contributed by atoms with van der Waals surface area (Å²) in [5.41, 5.74) is 3.90. The summed E-state index contributed by atoms with van der Waals surface area (Å²) in [5.74, 6) is -9.07. The van der Waals surface area contributed by atoms with Crippen LogP contribution in [0.2, 0.25) is 0 Å². The summed E-state index contributed by atoms with van der Waals surface area (Å²) >= 11 is 0. The van der Waals surface area contributed by atoms with E-state index >= 15 is 0 Å². The van der Waals surface area contributed by atoms with Crippen molar-refractivity contribution in [3.63, 3.8) is 0 Å². The largest absolute Gasteiger partial charge is 0.361 e. The van der Waals surface area contributed by atoms with E-state index in [1.165, 1.54) is 24.4 Å². The Hall–Kier alpha value is -2.45. The van der Waals surface area contributed by atoms with Crippen LogP contribution in [0.4, 0.5) is 22.0 Å². The molecule has 28 heavy (non-hydrogen) atoms. The van der Waals surface area contributed by atoms with Crippen LogP contribution in [0.1, 0.15) is 17.5 Å². The zero-order valence-corrected chi connectivity index (χ0v) is 14.8. The molecule has 0 unspecified atom stereocenters. The van der Waals surface area contributed by atoms with Gasteiger partial charge in [0.2, 0.25) is 0 Å². The molecule has 0 aliphatic rings. The zero-order chi connectivity index (χ0) is 20.2. The SMILES string of the molecule is Fc1ccc2c(CCC(F)(F)C(F)(F)CONCc3ccccc3)c[nH]c2c1. The van der Waals surface area contributed by atoms with Crippen molar-refractivity contribution in [2.45, 2.75) is 31.2 Å². The molecule has 3 rings (SSSR count). The Balaban J connectivity index is 1.54. The average molecular weight is 398 g/mol. The number of fused-ring (bicyclic) bond motifs is 1. The number of rotatable bonds is 9. The minimum atomic E-state index is -4.34. The van der Waals surface area contributed by atoms with Gasteiger partial charge in [-0.2, -0.15) is 23.0 Å². The van der Waals surface area contributed by atoms with E-state index in [2.05, 4.69) is 15.3 Å². The van der Waals surface area contributed by atoms with E-state index in [0.717, 1.165) is 5.56 Å². The Labute approximate surface area is 158 Å². The van der Waals surface area contributed by atoms with Crippen molar-refractivity contribution in [2.75, 3.05) is 6.61 Å². The number of benzene rings is 2. The van der Waals surface area contributed by atoms with Crippen LogP contribution in [-0.2, 0) is 17.8 Å². The molecule has 0 atom stereocenters. The van der Waals surface area contributed by atoms with Crippen LogP contribution in [0.25, 0.3) is 10.9 Å². The maximum atomic E-state index is 14.1. The third-order valence-electron chi connectivity index (χ3n) is 4.45. The van der Waals surface area contributed by atoms with E-state index < -0.39 is 30.7 Å². The van der Waals surface area contributed by atoms with Gasteiger partial charge in [-0.05, 0) is 35.7 Å². The van der Waals surface area contributed by atoms with Crippen molar-refractivity contribution in [3.05, 3.63) is 71.7 Å². The first-order valence-corrected chi connectivity index (χ1v) is 8.68. The predicted molar refractivity (Wildman–Crippen MR) is 95.7 cm³/mol. The van der Waals surface area contributed by atoms with Crippen molar-refractivity contribution in [2.24, 2.45) is 0 Å². The van der Waals surface area contributed by atoms with Crippen LogP contribution in [0.15, 0.2) is 54.7 Å². The molecule has 0 radical (unpaired) electrons. The number of alkyl halides is 4. The fourth-order valence-electron chi connectivity index (χ4n) is 2.82. The molecule has 1 heterocycles. The topological polar surface area (TPSA) is 37.0 Å². The molecule has 0 fully saturated rings. The Morgan fingerprint density at radius 3 is 2.46 bits per heavy atom. The van der Waals surface area contributed by atoms with Crippen molar-refractivity contribution in [1.29, 1.82) is 0 Å². The van der Waals surface area contributed by atoms with Gasteiger partial charge in [0.25, 0.3) is 0 Å². The van der Waals surface area contributed by atoms with E-state index in [1.807, 2.05) is 0 Å². The van der Waals surface area contributed by atoms with Gasteiger partial charge in [-0.15, -0.1) is 0 Å². The van der Waals surface area contributed by atoms with Crippen molar-refractivity contribution < 1.29 is 26.8 Å². The molecule has 0 bridgehead atoms. The number of H-pyrrole nitrogens is 1. The number of aromatic nitrogens is 1. The molecule has 3 nitrogen and oxygen atoms in total. The highest BCUT2D eigenvalue weighted by molar-refractivity contribution is 5.83. The van der Waals surface area contributed by atoms with Crippen LogP contribution in [0, 0.1) is 5.82 Å². The number of halogens is 5. The van der Waals surface area contributed by atoms with Gasteiger partial charge in [-0.3, -0.25) is 4.84 Å².